The second-order valence-electron chi connectivity index (χ2n) is 5.41. The molecule has 6 nitrogen and oxygen atoms in total. The molecule has 2 N–H and O–H groups in total. The number of nitrogens with zero attached hydrogens (tertiary/aromatic N) is 2. The van der Waals surface area contributed by atoms with Gasteiger partial charge in [0.1, 0.15) is 18.8 Å². The quantitative estimate of drug-likeness (QED) is 0.481. The Morgan fingerprint density at radius 3 is 2.81 bits per heavy atom. The van der Waals surface area contributed by atoms with Crippen LogP contribution in [-0.2, 0) is 13.2 Å². The summed E-state index contributed by atoms with van der Waals surface area (Å²) >= 11 is 14.7. The van der Waals surface area contributed by atoms with Crippen molar-refractivity contribution in [2.75, 3.05) is 12.5 Å². The second kappa shape index (κ2) is 8.73. The largest absolute Gasteiger partial charge is 0.493 e. The Hall–Kier alpha value is -2.10. The zero-order valence-corrected chi connectivity index (χ0v) is 17.3. The summed E-state index contributed by atoms with van der Waals surface area (Å²) in [6.45, 7) is 0.308. The van der Waals surface area contributed by atoms with Gasteiger partial charge in [-0.15, -0.1) is 0 Å². The smallest absolute Gasteiger partial charge is 0.214 e. The first-order valence-electron chi connectivity index (χ1n) is 7.78. The molecule has 1 aromatic heterocycles. The molecule has 0 atom stereocenters. The molecule has 142 valence electrons. The van der Waals surface area contributed by atoms with Crippen LogP contribution < -0.4 is 14.9 Å². The first kappa shape index (κ1) is 19.7. The van der Waals surface area contributed by atoms with Gasteiger partial charge in [-0.1, -0.05) is 33.6 Å². The van der Waals surface area contributed by atoms with Crippen LogP contribution in [0.1, 0.15) is 11.1 Å². The number of ether oxygens (including phenoxy) is 2. The van der Waals surface area contributed by atoms with Crippen molar-refractivity contribution < 1.29 is 13.9 Å². The number of halogens is 3. The Bertz CT molecular complexity index is 991. The lowest BCUT2D eigenvalue weighted by molar-refractivity contribution is 0.276. The molecule has 0 amide bonds. The highest BCUT2D eigenvalue weighted by molar-refractivity contribution is 9.10. The molecule has 27 heavy (non-hydrogen) atoms. The number of aromatic amines is 1. The summed E-state index contributed by atoms with van der Waals surface area (Å²) < 4.78 is 28.2. The third kappa shape index (κ3) is 4.42. The van der Waals surface area contributed by atoms with Crippen molar-refractivity contribution in [3.63, 3.8) is 0 Å². The summed E-state index contributed by atoms with van der Waals surface area (Å²) in [4.78, 5) is 0. The summed E-state index contributed by atoms with van der Waals surface area (Å²) in [5, 5.41) is 6.81. The highest BCUT2D eigenvalue weighted by Crippen LogP contribution is 2.37. The molecular formula is C17H15BrClFN4O2S. The van der Waals surface area contributed by atoms with E-state index >= 15 is 0 Å². The molecule has 0 radical (unpaired) electrons. The maximum Gasteiger partial charge on any atom is 0.214 e. The summed E-state index contributed by atoms with van der Waals surface area (Å²) in [5.74, 6) is 0.549. The van der Waals surface area contributed by atoms with Crippen molar-refractivity contribution in [1.82, 2.24) is 14.9 Å². The molecule has 0 aliphatic heterocycles. The number of H-pyrrole nitrogens is 1. The molecule has 0 saturated heterocycles. The first-order valence-corrected chi connectivity index (χ1v) is 9.36. The van der Waals surface area contributed by atoms with Crippen LogP contribution >= 0.6 is 39.7 Å². The number of methoxy groups -OCH3 is 1. The Morgan fingerprint density at radius 1 is 1.33 bits per heavy atom. The lowest BCUT2D eigenvalue weighted by Gasteiger charge is -2.18. The number of hydrogen-bond donors (Lipinski definition) is 2. The molecule has 0 spiro atoms. The van der Waals surface area contributed by atoms with Gasteiger partial charge in [-0.2, -0.15) is 5.10 Å². The first-order chi connectivity index (χ1) is 13.0. The normalized spacial score (nSPS) is 10.7. The molecule has 1 heterocycles. The van der Waals surface area contributed by atoms with Crippen LogP contribution in [0.15, 0.2) is 41.1 Å². The third-order valence-corrected chi connectivity index (χ3v) is 5.17. The fraction of sp³-hybridized carbons (Fsp3) is 0.176. The monoisotopic (exact) mass is 472 g/mol. The van der Waals surface area contributed by atoms with Crippen LogP contribution in [0.4, 0.5) is 4.39 Å². The van der Waals surface area contributed by atoms with E-state index in [2.05, 4.69) is 31.6 Å². The van der Waals surface area contributed by atoms with Gasteiger partial charge in [0.25, 0.3) is 0 Å². The zero-order valence-electron chi connectivity index (χ0n) is 14.1. The minimum absolute atomic E-state index is 0.0452. The molecule has 0 saturated carbocycles. The van der Waals surface area contributed by atoms with E-state index in [1.807, 2.05) is 6.07 Å². The average Bonchev–Trinajstić information content (AvgIpc) is 3.05. The minimum Gasteiger partial charge on any atom is -0.493 e. The van der Waals surface area contributed by atoms with Gasteiger partial charge in [0.05, 0.1) is 18.7 Å². The van der Waals surface area contributed by atoms with Gasteiger partial charge >= 0.3 is 0 Å². The van der Waals surface area contributed by atoms with Crippen LogP contribution in [0.3, 0.4) is 0 Å². The van der Waals surface area contributed by atoms with Crippen LogP contribution in [0, 0.1) is 10.6 Å². The Labute approximate surface area is 173 Å². The van der Waals surface area contributed by atoms with Crippen LogP contribution in [0.25, 0.3) is 0 Å². The molecule has 0 fully saturated rings. The van der Waals surface area contributed by atoms with Crippen LogP contribution in [-0.4, -0.2) is 22.0 Å². The molecule has 0 aliphatic rings. The fourth-order valence-electron chi connectivity index (χ4n) is 2.41. The predicted octanol–water partition coefficient (Wildman–Crippen LogP) is 4.83. The fourth-order valence-corrected chi connectivity index (χ4v) is 3.24. The van der Waals surface area contributed by atoms with Gasteiger partial charge in [-0.3, -0.25) is 5.10 Å². The van der Waals surface area contributed by atoms with Crippen molar-refractivity contribution in [1.29, 1.82) is 0 Å². The topological polar surface area (TPSA) is 64.1 Å². The van der Waals surface area contributed by atoms with Gasteiger partial charge in [0.2, 0.25) is 4.77 Å². The molecule has 10 heteroatoms. The van der Waals surface area contributed by atoms with Crippen molar-refractivity contribution in [3.8, 4) is 11.5 Å². The Kier molecular flexibility index (Phi) is 6.35. The van der Waals surface area contributed by atoms with Crippen LogP contribution in [0.5, 0.6) is 11.5 Å². The molecule has 2 aromatic carbocycles. The highest BCUT2D eigenvalue weighted by atomic mass is 79.9. The Balaban J connectivity index is 1.89. The van der Waals surface area contributed by atoms with Gasteiger partial charge in [0, 0.05) is 15.6 Å². The molecule has 0 aliphatic carbocycles. The van der Waals surface area contributed by atoms with Gasteiger partial charge < -0.3 is 14.9 Å². The Morgan fingerprint density at radius 2 is 2.15 bits per heavy atom. The van der Waals surface area contributed by atoms with Crippen molar-refractivity contribution in [2.45, 2.75) is 13.2 Å². The van der Waals surface area contributed by atoms with E-state index in [0.29, 0.717) is 27.8 Å². The predicted molar refractivity (Wildman–Crippen MR) is 107 cm³/mol. The summed E-state index contributed by atoms with van der Waals surface area (Å²) in [6.07, 6.45) is 1.52. The van der Waals surface area contributed by atoms with E-state index in [-0.39, 0.29) is 12.2 Å². The second-order valence-corrected chi connectivity index (χ2v) is 7.06. The molecule has 0 unspecified atom stereocenters. The molecule has 3 aromatic rings. The van der Waals surface area contributed by atoms with Gasteiger partial charge in [-0.05, 0) is 36.5 Å². The van der Waals surface area contributed by atoms with E-state index in [4.69, 9.17) is 33.3 Å². The lowest BCUT2D eigenvalue weighted by atomic mass is 10.1. The number of benzene rings is 2. The highest BCUT2D eigenvalue weighted by Gasteiger charge is 2.17. The van der Waals surface area contributed by atoms with E-state index in [0.717, 1.165) is 10.0 Å². The van der Waals surface area contributed by atoms with Crippen molar-refractivity contribution >= 4 is 39.7 Å². The van der Waals surface area contributed by atoms with E-state index in [9.17, 15) is 4.39 Å². The maximum absolute atomic E-state index is 14.1. The average molecular weight is 474 g/mol. The molecule has 3 rings (SSSR count). The number of aromatic nitrogens is 3. The zero-order chi connectivity index (χ0) is 19.4. The standard InChI is InChI=1S/C17H15BrClFN4O2S/c1-25-15-6-5-12(18)10(7-22-24-9-21-23-17(24)27)16(15)26-8-11-13(19)3-2-4-14(11)20/h2-6,9,22H,7-8H2,1H3,(H,23,27). The lowest BCUT2D eigenvalue weighted by Crippen LogP contribution is -2.15. The molecule has 0 bridgehead atoms. The van der Waals surface area contributed by atoms with Crippen LogP contribution in [0.2, 0.25) is 5.02 Å². The number of hydrogen-bond acceptors (Lipinski definition) is 5. The third-order valence-electron chi connectivity index (χ3n) is 3.79. The van der Waals surface area contributed by atoms with Crippen molar-refractivity contribution in [3.05, 3.63) is 67.9 Å². The summed E-state index contributed by atoms with van der Waals surface area (Å²) in [7, 11) is 1.54. The van der Waals surface area contributed by atoms with E-state index < -0.39 is 5.82 Å². The van der Waals surface area contributed by atoms with Gasteiger partial charge in [-0.25, -0.2) is 9.07 Å². The van der Waals surface area contributed by atoms with E-state index in [1.165, 1.54) is 19.5 Å². The SMILES string of the molecule is COc1ccc(Br)c(CNn2cn[nH]c2=S)c1OCc1c(F)cccc1Cl. The summed E-state index contributed by atoms with van der Waals surface area (Å²) in [6, 6.07) is 8.10. The van der Waals surface area contributed by atoms with Crippen molar-refractivity contribution in [2.24, 2.45) is 0 Å². The number of rotatable bonds is 7. The van der Waals surface area contributed by atoms with Gasteiger partial charge in [0.15, 0.2) is 11.5 Å². The maximum atomic E-state index is 14.1. The number of nitrogens with one attached hydrogen (secondary N) is 2. The van der Waals surface area contributed by atoms with E-state index in [1.54, 1.807) is 22.9 Å². The minimum atomic E-state index is -0.430. The summed E-state index contributed by atoms with van der Waals surface area (Å²) in [5.41, 5.74) is 4.16. The molecular weight excluding hydrogens is 459 g/mol.